The van der Waals surface area contributed by atoms with Gasteiger partial charge in [0, 0.05) is 6.61 Å². The minimum Gasteiger partial charge on any atom is -0.390 e. The van der Waals surface area contributed by atoms with E-state index in [2.05, 4.69) is 13.8 Å². The first-order valence-electron chi connectivity index (χ1n) is 7.00. The summed E-state index contributed by atoms with van der Waals surface area (Å²) in [5, 5.41) is 10.6. The molecule has 1 aliphatic carbocycles. The standard InChI is InChI=1S/C14H26O2/c1-3-14(15,4-2)12-7-10-16-13(11-12)8-5-6-9-13/h12,15H,3-11H2,1-2H3. The third-order valence-corrected chi connectivity index (χ3v) is 4.99. The van der Waals surface area contributed by atoms with Crippen LogP contribution in [0.15, 0.2) is 0 Å². The summed E-state index contributed by atoms with van der Waals surface area (Å²) in [6.45, 7) is 5.08. The van der Waals surface area contributed by atoms with Crippen molar-refractivity contribution in [1.29, 1.82) is 0 Å². The van der Waals surface area contributed by atoms with Gasteiger partial charge >= 0.3 is 0 Å². The van der Waals surface area contributed by atoms with Crippen LogP contribution in [0.25, 0.3) is 0 Å². The normalized spacial score (nSPS) is 29.8. The Morgan fingerprint density at radius 2 is 1.88 bits per heavy atom. The second kappa shape index (κ2) is 4.66. The Labute approximate surface area is 99.4 Å². The van der Waals surface area contributed by atoms with Crippen molar-refractivity contribution in [2.45, 2.75) is 76.4 Å². The van der Waals surface area contributed by atoms with Crippen LogP contribution in [0.1, 0.15) is 65.2 Å². The molecule has 0 radical (unpaired) electrons. The predicted octanol–water partition coefficient (Wildman–Crippen LogP) is 3.28. The van der Waals surface area contributed by atoms with Gasteiger partial charge in [0.2, 0.25) is 0 Å². The molecule has 0 amide bonds. The first-order valence-corrected chi connectivity index (χ1v) is 7.00. The quantitative estimate of drug-likeness (QED) is 0.800. The monoisotopic (exact) mass is 226 g/mol. The maximum atomic E-state index is 10.6. The third-order valence-electron chi connectivity index (χ3n) is 4.99. The van der Waals surface area contributed by atoms with E-state index >= 15 is 0 Å². The van der Waals surface area contributed by atoms with Crippen LogP contribution in [0.5, 0.6) is 0 Å². The molecule has 1 atom stereocenters. The second-order valence-corrected chi connectivity index (χ2v) is 5.74. The number of hydrogen-bond donors (Lipinski definition) is 1. The lowest BCUT2D eigenvalue weighted by Gasteiger charge is -2.45. The first kappa shape index (κ1) is 12.4. The lowest BCUT2D eigenvalue weighted by molar-refractivity contribution is -0.142. The van der Waals surface area contributed by atoms with Gasteiger partial charge in [0.25, 0.3) is 0 Å². The Hall–Kier alpha value is -0.0800. The van der Waals surface area contributed by atoms with Gasteiger partial charge in [-0.15, -0.1) is 0 Å². The SMILES string of the molecule is CCC(O)(CC)C1CCOC2(CCCC2)C1. The summed E-state index contributed by atoms with van der Waals surface area (Å²) in [5.74, 6) is 0.453. The van der Waals surface area contributed by atoms with E-state index in [1.807, 2.05) is 0 Å². The van der Waals surface area contributed by atoms with Crippen LogP contribution in [0.3, 0.4) is 0 Å². The zero-order valence-corrected chi connectivity index (χ0v) is 10.8. The van der Waals surface area contributed by atoms with Crippen molar-refractivity contribution in [2.24, 2.45) is 5.92 Å². The van der Waals surface area contributed by atoms with Gasteiger partial charge in [-0.1, -0.05) is 26.7 Å². The van der Waals surface area contributed by atoms with Crippen LogP contribution in [-0.4, -0.2) is 22.9 Å². The Bertz CT molecular complexity index is 227. The molecule has 2 rings (SSSR count). The first-order chi connectivity index (χ1) is 7.64. The predicted molar refractivity (Wildman–Crippen MR) is 65.4 cm³/mol. The van der Waals surface area contributed by atoms with Gasteiger partial charge in [0.15, 0.2) is 0 Å². The largest absolute Gasteiger partial charge is 0.390 e. The number of rotatable bonds is 3. The summed E-state index contributed by atoms with van der Waals surface area (Å²) in [6, 6.07) is 0. The fourth-order valence-corrected chi connectivity index (χ4v) is 3.68. The highest BCUT2D eigenvalue weighted by Gasteiger charge is 2.45. The molecule has 0 aromatic carbocycles. The topological polar surface area (TPSA) is 29.5 Å². The highest BCUT2D eigenvalue weighted by molar-refractivity contribution is 4.96. The van der Waals surface area contributed by atoms with Crippen LogP contribution in [0.4, 0.5) is 0 Å². The van der Waals surface area contributed by atoms with Gasteiger partial charge in [-0.25, -0.2) is 0 Å². The van der Waals surface area contributed by atoms with Gasteiger partial charge < -0.3 is 9.84 Å². The van der Waals surface area contributed by atoms with E-state index in [4.69, 9.17) is 4.74 Å². The van der Waals surface area contributed by atoms with Crippen molar-refractivity contribution in [3.05, 3.63) is 0 Å². The average Bonchev–Trinajstić information content (AvgIpc) is 2.76. The van der Waals surface area contributed by atoms with Crippen molar-refractivity contribution in [2.75, 3.05) is 6.61 Å². The summed E-state index contributed by atoms with van der Waals surface area (Å²) in [4.78, 5) is 0. The van der Waals surface area contributed by atoms with E-state index in [-0.39, 0.29) is 5.60 Å². The second-order valence-electron chi connectivity index (χ2n) is 5.74. The maximum Gasteiger partial charge on any atom is 0.0686 e. The van der Waals surface area contributed by atoms with Gasteiger partial charge in [0.1, 0.15) is 0 Å². The van der Waals surface area contributed by atoms with Gasteiger partial charge in [-0.3, -0.25) is 0 Å². The molecule has 1 saturated heterocycles. The van der Waals surface area contributed by atoms with Crippen LogP contribution < -0.4 is 0 Å². The van der Waals surface area contributed by atoms with Crippen molar-refractivity contribution in [3.8, 4) is 0 Å². The number of hydrogen-bond acceptors (Lipinski definition) is 2. The maximum absolute atomic E-state index is 10.6. The van der Waals surface area contributed by atoms with Crippen LogP contribution >= 0.6 is 0 Å². The molecule has 2 aliphatic rings. The molecule has 0 aromatic heterocycles. The number of ether oxygens (including phenoxy) is 1. The molecule has 2 heteroatoms. The molecule has 0 aromatic rings. The molecule has 1 N–H and O–H groups in total. The molecular weight excluding hydrogens is 200 g/mol. The molecule has 1 aliphatic heterocycles. The molecule has 1 heterocycles. The minimum atomic E-state index is -0.445. The van der Waals surface area contributed by atoms with Crippen molar-refractivity contribution < 1.29 is 9.84 Å². The number of aliphatic hydroxyl groups is 1. The average molecular weight is 226 g/mol. The van der Waals surface area contributed by atoms with E-state index in [1.165, 1.54) is 25.7 Å². The van der Waals surface area contributed by atoms with Gasteiger partial charge in [0.05, 0.1) is 11.2 Å². The Morgan fingerprint density at radius 3 is 2.44 bits per heavy atom. The van der Waals surface area contributed by atoms with Gasteiger partial charge in [-0.2, -0.15) is 0 Å². The Morgan fingerprint density at radius 1 is 1.25 bits per heavy atom. The van der Waals surface area contributed by atoms with Gasteiger partial charge in [-0.05, 0) is 44.4 Å². The van der Waals surface area contributed by atoms with Crippen molar-refractivity contribution in [3.63, 3.8) is 0 Å². The zero-order valence-electron chi connectivity index (χ0n) is 10.8. The molecule has 1 spiro atoms. The van der Waals surface area contributed by atoms with Crippen molar-refractivity contribution >= 4 is 0 Å². The lowest BCUT2D eigenvalue weighted by atomic mass is 9.73. The smallest absolute Gasteiger partial charge is 0.0686 e. The fourth-order valence-electron chi connectivity index (χ4n) is 3.68. The zero-order chi connectivity index (χ0) is 11.6. The van der Waals surface area contributed by atoms with Crippen LogP contribution in [0.2, 0.25) is 0 Å². The molecule has 1 unspecified atom stereocenters. The highest BCUT2D eigenvalue weighted by Crippen LogP contribution is 2.46. The van der Waals surface area contributed by atoms with Crippen LogP contribution in [0, 0.1) is 5.92 Å². The molecule has 94 valence electrons. The molecule has 16 heavy (non-hydrogen) atoms. The minimum absolute atomic E-state index is 0.140. The van der Waals surface area contributed by atoms with E-state index < -0.39 is 5.60 Å². The van der Waals surface area contributed by atoms with E-state index in [0.717, 1.165) is 32.3 Å². The van der Waals surface area contributed by atoms with E-state index in [9.17, 15) is 5.11 Å². The van der Waals surface area contributed by atoms with Crippen molar-refractivity contribution in [1.82, 2.24) is 0 Å². The molecular formula is C14H26O2. The summed E-state index contributed by atoms with van der Waals surface area (Å²) < 4.78 is 6.03. The Kier molecular flexibility index (Phi) is 3.60. The summed E-state index contributed by atoms with van der Waals surface area (Å²) >= 11 is 0. The fraction of sp³-hybridized carbons (Fsp3) is 1.00. The van der Waals surface area contributed by atoms with E-state index in [1.54, 1.807) is 0 Å². The Balaban J connectivity index is 2.06. The van der Waals surface area contributed by atoms with Crippen LogP contribution in [-0.2, 0) is 4.74 Å². The highest BCUT2D eigenvalue weighted by atomic mass is 16.5. The summed E-state index contributed by atoms with van der Waals surface area (Å²) in [5.41, 5.74) is -0.305. The molecule has 2 fully saturated rings. The summed E-state index contributed by atoms with van der Waals surface area (Å²) in [6.07, 6.45) is 8.94. The molecule has 1 saturated carbocycles. The lowest BCUT2D eigenvalue weighted by Crippen LogP contribution is -2.47. The molecule has 0 bridgehead atoms. The third kappa shape index (κ3) is 2.14. The molecule has 2 nitrogen and oxygen atoms in total. The van der Waals surface area contributed by atoms with E-state index in [0.29, 0.717) is 5.92 Å². The summed E-state index contributed by atoms with van der Waals surface area (Å²) in [7, 11) is 0.